The van der Waals surface area contributed by atoms with Gasteiger partial charge in [0.2, 0.25) is 0 Å². The van der Waals surface area contributed by atoms with E-state index in [0.29, 0.717) is 32.4 Å². The minimum atomic E-state index is -0.0283. The summed E-state index contributed by atoms with van der Waals surface area (Å²) in [6.45, 7) is 5.20. The molecule has 0 atom stereocenters. The lowest BCUT2D eigenvalue weighted by atomic mass is 10.1. The lowest BCUT2D eigenvalue weighted by Gasteiger charge is -2.11. The van der Waals surface area contributed by atoms with Crippen molar-refractivity contribution in [2.45, 2.75) is 20.4 Å². The highest BCUT2D eigenvalue weighted by Gasteiger charge is 2.31. The van der Waals surface area contributed by atoms with Gasteiger partial charge in [0, 0.05) is 45.3 Å². The highest BCUT2D eigenvalue weighted by Crippen LogP contribution is 2.36. The van der Waals surface area contributed by atoms with Gasteiger partial charge in [0.15, 0.2) is 0 Å². The lowest BCUT2D eigenvalue weighted by Crippen LogP contribution is -2.27. The zero-order chi connectivity index (χ0) is 20.7. The van der Waals surface area contributed by atoms with Gasteiger partial charge >= 0.3 is 0 Å². The van der Waals surface area contributed by atoms with Gasteiger partial charge in [-0.3, -0.25) is 9.69 Å². The topological polar surface area (TPSA) is 25.2 Å². The smallest absolute Gasteiger partial charge is 0.266 e. The minimum Gasteiger partial charge on any atom is -0.340 e. The molecule has 0 radical (unpaired) electrons. The molecular formula is C22H18Cl2N2OS2. The quantitative estimate of drug-likeness (QED) is 0.327. The molecular weight excluding hydrogens is 443 g/mol. The molecule has 0 spiro atoms. The molecule has 1 amide bonds. The molecule has 0 unspecified atom stereocenters. The van der Waals surface area contributed by atoms with Gasteiger partial charge in [-0.25, -0.2) is 0 Å². The fourth-order valence-electron chi connectivity index (χ4n) is 3.57. The van der Waals surface area contributed by atoms with Crippen LogP contribution >= 0.6 is 47.2 Å². The summed E-state index contributed by atoms with van der Waals surface area (Å²) < 4.78 is 2.83. The van der Waals surface area contributed by atoms with E-state index in [-0.39, 0.29) is 5.91 Å². The maximum Gasteiger partial charge on any atom is 0.266 e. The average molecular weight is 461 g/mol. The number of amides is 1. The highest BCUT2D eigenvalue weighted by atomic mass is 35.5. The summed E-state index contributed by atoms with van der Waals surface area (Å²) in [6, 6.07) is 13.7. The number of thiocarbonyl (C=S) groups is 1. The molecule has 148 valence electrons. The van der Waals surface area contributed by atoms with Crippen molar-refractivity contribution in [1.29, 1.82) is 0 Å². The van der Waals surface area contributed by atoms with Crippen molar-refractivity contribution in [3.8, 4) is 0 Å². The van der Waals surface area contributed by atoms with E-state index in [1.54, 1.807) is 11.0 Å². The Hall–Kier alpha value is -1.79. The molecule has 3 aromatic rings. The Morgan fingerprint density at radius 1 is 1.17 bits per heavy atom. The number of benzene rings is 2. The van der Waals surface area contributed by atoms with Gasteiger partial charge in [0.05, 0.1) is 4.91 Å². The molecule has 7 heteroatoms. The highest BCUT2D eigenvalue weighted by molar-refractivity contribution is 8.26. The molecule has 1 aliphatic heterocycles. The second-order valence-electron chi connectivity index (χ2n) is 6.76. The van der Waals surface area contributed by atoms with E-state index >= 15 is 0 Å². The molecule has 0 aliphatic carbocycles. The average Bonchev–Trinajstić information content (AvgIpc) is 3.11. The normalized spacial score (nSPS) is 15.9. The first-order chi connectivity index (χ1) is 13.9. The number of fused-ring (bicyclic) bond motifs is 1. The molecule has 1 saturated heterocycles. The fraction of sp³-hybridized carbons (Fsp3) is 0.182. The Morgan fingerprint density at radius 3 is 2.62 bits per heavy atom. The zero-order valence-corrected chi connectivity index (χ0v) is 19.1. The summed E-state index contributed by atoms with van der Waals surface area (Å²) in [6.07, 6.45) is 1.96. The molecule has 2 heterocycles. The zero-order valence-electron chi connectivity index (χ0n) is 15.9. The van der Waals surface area contributed by atoms with Crippen LogP contribution < -0.4 is 0 Å². The SMILES string of the molecule is CCN1C(=O)/C(=C/c2c(C)n(Cc3ccc(Cl)cc3Cl)c3ccccc23)SC1=S. The van der Waals surface area contributed by atoms with E-state index in [1.807, 2.05) is 37.3 Å². The third-order valence-corrected chi connectivity index (χ3v) is 7.05. The Kier molecular flexibility index (Phi) is 5.76. The van der Waals surface area contributed by atoms with Crippen molar-refractivity contribution in [3.05, 3.63) is 74.2 Å². The summed E-state index contributed by atoms with van der Waals surface area (Å²) in [7, 11) is 0. The first-order valence-electron chi connectivity index (χ1n) is 9.17. The predicted molar refractivity (Wildman–Crippen MR) is 128 cm³/mol. The van der Waals surface area contributed by atoms with Crippen molar-refractivity contribution >= 4 is 74.4 Å². The van der Waals surface area contributed by atoms with Crippen LogP contribution in [0.3, 0.4) is 0 Å². The minimum absolute atomic E-state index is 0.0283. The number of halogens is 2. The molecule has 29 heavy (non-hydrogen) atoms. The van der Waals surface area contributed by atoms with Crippen molar-refractivity contribution in [3.63, 3.8) is 0 Å². The Bertz CT molecular complexity index is 1180. The van der Waals surface area contributed by atoms with Gasteiger partial charge in [-0.2, -0.15) is 0 Å². The van der Waals surface area contributed by atoms with Crippen molar-refractivity contribution in [1.82, 2.24) is 9.47 Å². The number of aromatic nitrogens is 1. The molecule has 0 saturated carbocycles. The summed E-state index contributed by atoms with van der Waals surface area (Å²) in [5.74, 6) is -0.0283. The second kappa shape index (κ2) is 8.15. The Morgan fingerprint density at radius 2 is 1.93 bits per heavy atom. The summed E-state index contributed by atoms with van der Waals surface area (Å²) >= 11 is 19.2. The molecule has 4 rings (SSSR count). The van der Waals surface area contributed by atoms with Crippen molar-refractivity contribution < 1.29 is 4.79 Å². The number of thioether (sulfide) groups is 1. The van der Waals surface area contributed by atoms with Crippen molar-refractivity contribution in [2.24, 2.45) is 0 Å². The number of likely N-dealkylation sites (N-methyl/N-ethyl adjacent to an activating group) is 1. The Balaban J connectivity index is 1.83. The molecule has 0 N–H and O–H groups in total. The predicted octanol–water partition coefficient (Wildman–Crippen LogP) is 6.53. The van der Waals surface area contributed by atoms with Crippen LogP contribution in [-0.2, 0) is 11.3 Å². The number of hydrogen-bond acceptors (Lipinski definition) is 3. The summed E-state index contributed by atoms with van der Waals surface area (Å²) in [5.41, 5.74) is 4.18. The second-order valence-corrected chi connectivity index (χ2v) is 9.28. The van der Waals surface area contributed by atoms with Crippen LogP contribution in [0.2, 0.25) is 10.0 Å². The van der Waals surface area contributed by atoms with Gasteiger partial charge in [0.1, 0.15) is 4.32 Å². The maximum atomic E-state index is 12.7. The molecule has 2 aromatic carbocycles. The van der Waals surface area contributed by atoms with E-state index in [0.717, 1.165) is 27.7 Å². The Labute approximate surface area is 189 Å². The van der Waals surface area contributed by atoms with Gasteiger partial charge < -0.3 is 4.57 Å². The fourth-order valence-corrected chi connectivity index (χ4v) is 5.40. The molecule has 3 nitrogen and oxygen atoms in total. The monoisotopic (exact) mass is 460 g/mol. The van der Waals surface area contributed by atoms with Crippen LogP contribution in [0.1, 0.15) is 23.7 Å². The van der Waals surface area contributed by atoms with Gasteiger partial charge in [-0.1, -0.05) is 71.4 Å². The van der Waals surface area contributed by atoms with Crippen molar-refractivity contribution in [2.75, 3.05) is 6.54 Å². The van der Waals surface area contributed by atoms with Crippen LogP contribution in [0.4, 0.5) is 0 Å². The van der Waals surface area contributed by atoms with Gasteiger partial charge in [0.25, 0.3) is 5.91 Å². The number of carbonyl (C=O) groups is 1. The van der Waals surface area contributed by atoms with E-state index < -0.39 is 0 Å². The van der Waals surface area contributed by atoms with E-state index in [9.17, 15) is 4.79 Å². The first-order valence-corrected chi connectivity index (χ1v) is 11.2. The summed E-state index contributed by atoms with van der Waals surface area (Å²) in [4.78, 5) is 15.0. The molecule has 1 aliphatic rings. The van der Waals surface area contributed by atoms with Gasteiger partial charge in [-0.15, -0.1) is 0 Å². The largest absolute Gasteiger partial charge is 0.340 e. The lowest BCUT2D eigenvalue weighted by molar-refractivity contribution is -0.121. The number of para-hydroxylation sites is 1. The number of carbonyl (C=O) groups excluding carboxylic acids is 1. The third kappa shape index (κ3) is 3.73. The number of hydrogen-bond donors (Lipinski definition) is 0. The molecule has 1 aromatic heterocycles. The third-order valence-electron chi connectivity index (χ3n) is 5.09. The first kappa shape index (κ1) is 20.5. The standard InChI is InChI=1S/C22H18Cl2N2OS2/c1-3-25-21(27)20(29-22(25)28)11-17-13(2)26(19-7-5-4-6-16(17)19)12-14-8-9-15(23)10-18(14)24/h4-11H,3,12H2,1-2H3/b20-11-. The van der Waals surface area contributed by atoms with E-state index in [4.69, 9.17) is 35.4 Å². The molecule has 1 fully saturated rings. The van der Waals surface area contributed by atoms with Crippen LogP contribution in [-0.4, -0.2) is 26.2 Å². The van der Waals surface area contributed by atoms with Crippen LogP contribution in [0.25, 0.3) is 17.0 Å². The van der Waals surface area contributed by atoms with E-state index in [1.165, 1.54) is 11.8 Å². The summed E-state index contributed by atoms with van der Waals surface area (Å²) in [5, 5.41) is 2.35. The number of nitrogens with zero attached hydrogens (tertiary/aromatic N) is 2. The molecule has 0 bridgehead atoms. The van der Waals surface area contributed by atoms with Crippen LogP contribution in [0.15, 0.2) is 47.4 Å². The van der Waals surface area contributed by atoms with E-state index in [2.05, 4.69) is 23.6 Å². The van der Waals surface area contributed by atoms with Crippen LogP contribution in [0.5, 0.6) is 0 Å². The maximum absolute atomic E-state index is 12.7. The van der Waals surface area contributed by atoms with Gasteiger partial charge in [-0.05, 0) is 43.7 Å². The van der Waals surface area contributed by atoms with Crippen LogP contribution in [0, 0.1) is 6.92 Å². The number of rotatable bonds is 4.